The second kappa shape index (κ2) is 8.63. The Bertz CT molecular complexity index is 350. The molecule has 0 spiro atoms. The summed E-state index contributed by atoms with van der Waals surface area (Å²) in [5.41, 5.74) is 5.67. The van der Waals surface area contributed by atoms with Gasteiger partial charge in [-0.25, -0.2) is 0 Å². The zero-order valence-electron chi connectivity index (χ0n) is 11.1. The fraction of sp³-hybridized carbons (Fsp3) is 0.750. The largest absolute Gasteiger partial charge is 0.349 e. The number of hydrogen-bond acceptors (Lipinski definition) is 4. The summed E-state index contributed by atoms with van der Waals surface area (Å²) in [5, 5.41) is 10.4. The lowest BCUT2D eigenvalue weighted by Crippen LogP contribution is -2.29. The molecule has 0 aliphatic carbocycles. The molecule has 0 fully saturated rings. The molecule has 18 heavy (non-hydrogen) atoms. The van der Waals surface area contributed by atoms with Crippen molar-refractivity contribution in [3.8, 4) is 0 Å². The van der Waals surface area contributed by atoms with Crippen LogP contribution in [0.15, 0.2) is 6.20 Å². The number of carbonyl (C=O) groups is 1. The van der Waals surface area contributed by atoms with Crippen molar-refractivity contribution in [3.63, 3.8) is 0 Å². The number of rotatable bonds is 9. The Labute approximate surface area is 108 Å². The van der Waals surface area contributed by atoms with E-state index in [0.717, 1.165) is 13.0 Å². The number of nitrogens with two attached hydrogens (primary N) is 1. The molecular formula is C12H23N5O. The monoisotopic (exact) mass is 253 g/mol. The van der Waals surface area contributed by atoms with Gasteiger partial charge in [-0.2, -0.15) is 0 Å². The number of aryl methyl sites for hydroxylation is 1. The lowest BCUT2D eigenvalue weighted by atomic mass is 10.1. The van der Waals surface area contributed by atoms with Gasteiger partial charge >= 0.3 is 0 Å². The molecule has 0 aliphatic rings. The standard InChI is InChI=1S/C12H23N5O/c1-2-3-4-5-6-9-17-10-11(15-16-17)12(18)14-8-7-13/h10H,2-9,13H2,1H3,(H,14,18). The van der Waals surface area contributed by atoms with E-state index in [1.54, 1.807) is 10.9 Å². The molecule has 1 aromatic rings. The summed E-state index contributed by atoms with van der Waals surface area (Å²) in [4.78, 5) is 11.5. The van der Waals surface area contributed by atoms with E-state index in [9.17, 15) is 4.79 Å². The molecule has 6 heteroatoms. The van der Waals surface area contributed by atoms with Crippen LogP contribution in [0.25, 0.3) is 0 Å². The van der Waals surface area contributed by atoms with Gasteiger partial charge in [0.05, 0.1) is 6.20 Å². The van der Waals surface area contributed by atoms with Crippen molar-refractivity contribution >= 4 is 5.91 Å². The summed E-state index contributed by atoms with van der Waals surface area (Å²) < 4.78 is 1.73. The van der Waals surface area contributed by atoms with E-state index >= 15 is 0 Å². The van der Waals surface area contributed by atoms with E-state index in [-0.39, 0.29) is 5.91 Å². The van der Waals surface area contributed by atoms with Crippen molar-refractivity contribution in [2.75, 3.05) is 13.1 Å². The average molecular weight is 253 g/mol. The molecule has 0 atom stereocenters. The zero-order valence-corrected chi connectivity index (χ0v) is 11.1. The van der Waals surface area contributed by atoms with E-state index in [4.69, 9.17) is 5.73 Å². The summed E-state index contributed by atoms with van der Waals surface area (Å²) in [6, 6.07) is 0. The van der Waals surface area contributed by atoms with Gasteiger partial charge < -0.3 is 11.1 Å². The maximum Gasteiger partial charge on any atom is 0.273 e. The summed E-state index contributed by atoms with van der Waals surface area (Å²) in [5.74, 6) is -0.210. The van der Waals surface area contributed by atoms with Gasteiger partial charge in [-0.1, -0.05) is 37.8 Å². The smallest absolute Gasteiger partial charge is 0.273 e. The van der Waals surface area contributed by atoms with E-state index in [0.29, 0.717) is 18.8 Å². The van der Waals surface area contributed by atoms with Crippen LogP contribution in [-0.4, -0.2) is 34.0 Å². The van der Waals surface area contributed by atoms with E-state index in [1.807, 2.05) is 0 Å². The summed E-state index contributed by atoms with van der Waals surface area (Å²) in [6.45, 7) is 3.91. The summed E-state index contributed by atoms with van der Waals surface area (Å²) in [7, 11) is 0. The Kier molecular flexibility index (Phi) is 7.01. The first-order valence-electron chi connectivity index (χ1n) is 6.66. The van der Waals surface area contributed by atoms with Gasteiger partial charge in [0.15, 0.2) is 5.69 Å². The Hall–Kier alpha value is -1.43. The minimum absolute atomic E-state index is 0.210. The van der Waals surface area contributed by atoms with Crippen molar-refractivity contribution in [3.05, 3.63) is 11.9 Å². The van der Waals surface area contributed by atoms with E-state index < -0.39 is 0 Å². The van der Waals surface area contributed by atoms with Gasteiger partial charge in [0, 0.05) is 19.6 Å². The fourth-order valence-corrected chi connectivity index (χ4v) is 1.67. The highest BCUT2D eigenvalue weighted by atomic mass is 16.2. The SMILES string of the molecule is CCCCCCCn1cc(C(=O)NCCN)nn1. The van der Waals surface area contributed by atoms with Gasteiger partial charge in [-0.15, -0.1) is 5.10 Å². The zero-order chi connectivity index (χ0) is 13.2. The van der Waals surface area contributed by atoms with Crippen LogP contribution in [0.3, 0.4) is 0 Å². The molecule has 0 aliphatic heterocycles. The van der Waals surface area contributed by atoms with Crippen molar-refractivity contribution < 1.29 is 4.79 Å². The van der Waals surface area contributed by atoms with Crippen molar-refractivity contribution in [2.24, 2.45) is 5.73 Å². The molecule has 0 aromatic carbocycles. The maximum absolute atomic E-state index is 11.5. The van der Waals surface area contributed by atoms with Crippen LogP contribution in [0.5, 0.6) is 0 Å². The van der Waals surface area contributed by atoms with Crippen LogP contribution in [0.4, 0.5) is 0 Å². The summed E-state index contributed by atoms with van der Waals surface area (Å²) in [6.07, 6.45) is 7.75. The Morgan fingerprint density at radius 3 is 2.89 bits per heavy atom. The third kappa shape index (κ3) is 5.27. The normalized spacial score (nSPS) is 10.6. The molecule has 102 valence electrons. The van der Waals surface area contributed by atoms with Gasteiger partial charge in [-0.3, -0.25) is 9.48 Å². The fourth-order valence-electron chi connectivity index (χ4n) is 1.67. The first-order chi connectivity index (χ1) is 8.77. The minimum atomic E-state index is -0.210. The quantitative estimate of drug-likeness (QED) is 0.641. The van der Waals surface area contributed by atoms with Crippen molar-refractivity contribution in [1.82, 2.24) is 20.3 Å². The second-order valence-electron chi connectivity index (χ2n) is 4.33. The van der Waals surface area contributed by atoms with Gasteiger partial charge in [0.1, 0.15) is 0 Å². The molecule has 0 radical (unpaired) electrons. The van der Waals surface area contributed by atoms with Crippen molar-refractivity contribution in [1.29, 1.82) is 0 Å². The summed E-state index contributed by atoms with van der Waals surface area (Å²) >= 11 is 0. The molecule has 0 saturated heterocycles. The number of hydrogen-bond donors (Lipinski definition) is 2. The van der Waals surface area contributed by atoms with Crippen molar-refractivity contribution in [2.45, 2.75) is 45.6 Å². The number of carbonyl (C=O) groups excluding carboxylic acids is 1. The lowest BCUT2D eigenvalue weighted by Gasteiger charge is -2.00. The van der Waals surface area contributed by atoms with E-state index in [2.05, 4.69) is 22.6 Å². The molecule has 1 heterocycles. The molecule has 1 aromatic heterocycles. The number of nitrogens with zero attached hydrogens (tertiary/aromatic N) is 3. The average Bonchev–Trinajstić information content (AvgIpc) is 2.84. The highest BCUT2D eigenvalue weighted by molar-refractivity contribution is 5.91. The number of aromatic nitrogens is 3. The number of nitrogens with one attached hydrogen (secondary N) is 1. The first-order valence-corrected chi connectivity index (χ1v) is 6.66. The first kappa shape index (κ1) is 14.6. The predicted octanol–water partition coefficient (Wildman–Crippen LogP) is 0.937. The Morgan fingerprint density at radius 2 is 2.17 bits per heavy atom. The molecule has 0 saturated carbocycles. The van der Waals surface area contributed by atoms with Crippen LogP contribution < -0.4 is 11.1 Å². The van der Waals surface area contributed by atoms with Gasteiger partial charge in [0.25, 0.3) is 5.91 Å². The maximum atomic E-state index is 11.5. The van der Waals surface area contributed by atoms with Crippen LogP contribution >= 0.6 is 0 Å². The molecule has 0 unspecified atom stereocenters. The molecular weight excluding hydrogens is 230 g/mol. The van der Waals surface area contributed by atoms with Crippen LogP contribution in [0.1, 0.15) is 49.5 Å². The topological polar surface area (TPSA) is 85.8 Å². The Morgan fingerprint density at radius 1 is 1.39 bits per heavy atom. The molecule has 0 bridgehead atoms. The number of amides is 1. The highest BCUT2D eigenvalue weighted by Gasteiger charge is 2.09. The third-order valence-electron chi connectivity index (χ3n) is 2.69. The van der Waals surface area contributed by atoms with Crippen LogP contribution in [0, 0.1) is 0 Å². The third-order valence-corrected chi connectivity index (χ3v) is 2.69. The molecule has 3 N–H and O–H groups in total. The predicted molar refractivity (Wildman–Crippen MR) is 70.2 cm³/mol. The number of unbranched alkanes of at least 4 members (excludes halogenated alkanes) is 4. The second-order valence-corrected chi connectivity index (χ2v) is 4.33. The van der Waals surface area contributed by atoms with Crippen LogP contribution in [-0.2, 0) is 6.54 Å². The van der Waals surface area contributed by atoms with E-state index in [1.165, 1.54) is 25.7 Å². The van der Waals surface area contributed by atoms with Gasteiger partial charge in [0.2, 0.25) is 0 Å². The molecule has 6 nitrogen and oxygen atoms in total. The van der Waals surface area contributed by atoms with Gasteiger partial charge in [-0.05, 0) is 6.42 Å². The van der Waals surface area contributed by atoms with Crippen LogP contribution in [0.2, 0.25) is 0 Å². The lowest BCUT2D eigenvalue weighted by molar-refractivity contribution is 0.0949. The highest BCUT2D eigenvalue weighted by Crippen LogP contribution is 2.04. The Balaban J connectivity index is 2.27. The molecule has 1 amide bonds. The molecule has 1 rings (SSSR count). The minimum Gasteiger partial charge on any atom is -0.349 e.